The molecule has 2 atom stereocenters. The highest BCUT2D eigenvalue weighted by Crippen LogP contribution is 2.23. The van der Waals surface area contributed by atoms with E-state index in [4.69, 9.17) is 9.47 Å². The Kier molecular flexibility index (Phi) is 9.03. The first-order chi connectivity index (χ1) is 16.4. The summed E-state index contributed by atoms with van der Waals surface area (Å²) in [5, 5.41) is 2.88. The third-order valence-electron chi connectivity index (χ3n) is 5.62. The minimum atomic E-state index is -3.89. The molecule has 0 saturated carbocycles. The minimum Gasteiger partial charge on any atom is -0.497 e. The van der Waals surface area contributed by atoms with Crippen LogP contribution in [0.25, 0.3) is 0 Å². The first-order valence-electron chi connectivity index (χ1n) is 11.3. The number of anilines is 1. The van der Waals surface area contributed by atoms with Gasteiger partial charge in [-0.05, 0) is 55.7 Å². The standard InChI is InChI=1S/C24H31N3O6S/c1-3-22(24(29)25-16-20-8-7-15-33-20)27(18-11-13-19(32-2)14-12-18)23(28)17-26-34(30,31)21-9-5-4-6-10-21/h4-6,9-14,20,22,26H,3,7-8,15-17H2,1-2H3,(H,25,29)/t20-,22-/m0/s1. The molecule has 3 rings (SSSR count). The lowest BCUT2D eigenvalue weighted by molar-refractivity contribution is -0.126. The van der Waals surface area contributed by atoms with Crippen molar-refractivity contribution in [3.05, 3.63) is 54.6 Å². The third kappa shape index (κ3) is 6.55. The highest BCUT2D eigenvalue weighted by Gasteiger charge is 2.31. The second-order valence-corrected chi connectivity index (χ2v) is 9.67. The Hall–Kier alpha value is -2.95. The largest absolute Gasteiger partial charge is 0.497 e. The van der Waals surface area contributed by atoms with Gasteiger partial charge in [0.15, 0.2) is 0 Å². The molecule has 0 aromatic heterocycles. The molecule has 1 saturated heterocycles. The molecule has 1 aliphatic rings. The number of hydrogen-bond acceptors (Lipinski definition) is 6. The molecule has 9 nitrogen and oxygen atoms in total. The van der Waals surface area contributed by atoms with Crippen molar-refractivity contribution in [1.29, 1.82) is 0 Å². The first kappa shape index (κ1) is 25.7. The maximum Gasteiger partial charge on any atom is 0.243 e. The number of ether oxygens (including phenoxy) is 2. The van der Waals surface area contributed by atoms with Crippen molar-refractivity contribution in [1.82, 2.24) is 10.0 Å². The Morgan fingerprint density at radius 1 is 1.15 bits per heavy atom. The number of nitrogens with zero attached hydrogens (tertiary/aromatic N) is 1. The molecule has 0 unspecified atom stereocenters. The topological polar surface area (TPSA) is 114 Å². The lowest BCUT2D eigenvalue weighted by atomic mass is 10.1. The van der Waals surface area contributed by atoms with Gasteiger partial charge >= 0.3 is 0 Å². The molecule has 1 heterocycles. The minimum absolute atomic E-state index is 0.0377. The van der Waals surface area contributed by atoms with Gasteiger partial charge in [-0.15, -0.1) is 0 Å². The summed E-state index contributed by atoms with van der Waals surface area (Å²) < 4.78 is 38.3. The highest BCUT2D eigenvalue weighted by atomic mass is 32.2. The van der Waals surface area contributed by atoms with E-state index < -0.39 is 28.5 Å². The van der Waals surface area contributed by atoms with E-state index >= 15 is 0 Å². The van der Waals surface area contributed by atoms with Crippen molar-refractivity contribution >= 4 is 27.5 Å². The number of nitrogens with one attached hydrogen (secondary N) is 2. The summed E-state index contributed by atoms with van der Waals surface area (Å²) in [6.45, 7) is 2.34. The van der Waals surface area contributed by atoms with E-state index in [0.717, 1.165) is 12.8 Å². The number of amides is 2. The van der Waals surface area contributed by atoms with Crippen LogP contribution in [-0.4, -0.2) is 59.2 Å². The van der Waals surface area contributed by atoms with Crippen LogP contribution in [0.15, 0.2) is 59.5 Å². The van der Waals surface area contributed by atoms with Gasteiger partial charge in [0.25, 0.3) is 0 Å². The molecule has 1 aliphatic heterocycles. The molecule has 10 heteroatoms. The second kappa shape index (κ2) is 12.0. The molecule has 1 fully saturated rings. The fraction of sp³-hybridized carbons (Fsp3) is 0.417. The Balaban J connectivity index is 1.79. The molecule has 0 radical (unpaired) electrons. The summed E-state index contributed by atoms with van der Waals surface area (Å²) in [4.78, 5) is 27.8. The number of rotatable bonds is 11. The third-order valence-corrected chi connectivity index (χ3v) is 7.03. The van der Waals surface area contributed by atoms with E-state index in [1.165, 1.54) is 24.1 Å². The molecular formula is C24H31N3O6S. The summed E-state index contributed by atoms with van der Waals surface area (Å²) in [7, 11) is -2.36. The van der Waals surface area contributed by atoms with Crippen LogP contribution in [0.1, 0.15) is 26.2 Å². The van der Waals surface area contributed by atoms with Gasteiger partial charge in [-0.25, -0.2) is 13.1 Å². The van der Waals surface area contributed by atoms with E-state index in [1.54, 1.807) is 49.4 Å². The number of benzene rings is 2. The predicted molar refractivity (Wildman–Crippen MR) is 128 cm³/mol. The number of methoxy groups -OCH3 is 1. The van der Waals surface area contributed by atoms with Crippen LogP contribution < -0.4 is 19.7 Å². The first-order valence-corrected chi connectivity index (χ1v) is 12.7. The van der Waals surface area contributed by atoms with Crippen LogP contribution in [-0.2, 0) is 24.3 Å². The van der Waals surface area contributed by atoms with Crippen LogP contribution in [0.5, 0.6) is 5.75 Å². The number of carbonyl (C=O) groups excluding carboxylic acids is 2. The zero-order valence-corrected chi connectivity index (χ0v) is 20.2. The molecule has 2 N–H and O–H groups in total. The predicted octanol–water partition coefficient (Wildman–Crippen LogP) is 2.08. The van der Waals surface area contributed by atoms with E-state index in [9.17, 15) is 18.0 Å². The molecular weight excluding hydrogens is 458 g/mol. The van der Waals surface area contributed by atoms with E-state index in [2.05, 4.69) is 10.0 Å². The summed E-state index contributed by atoms with van der Waals surface area (Å²) in [5.41, 5.74) is 0.462. The van der Waals surface area contributed by atoms with Gasteiger partial charge in [0.05, 0.1) is 24.7 Å². The smallest absolute Gasteiger partial charge is 0.243 e. The molecule has 184 valence electrons. The monoisotopic (exact) mass is 489 g/mol. The maximum atomic E-state index is 13.3. The zero-order chi connectivity index (χ0) is 24.6. The van der Waals surface area contributed by atoms with Crippen LogP contribution in [0.3, 0.4) is 0 Å². The quantitative estimate of drug-likeness (QED) is 0.500. The lowest BCUT2D eigenvalue weighted by Crippen LogP contribution is -2.53. The molecule has 2 aromatic rings. The second-order valence-electron chi connectivity index (χ2n) is 7.90. The fourth-order valence-corrected chi connectivity index (χ4v) is 4.78. The fourth-order valence-electron chi connectivity index (χ4n) is 3.79. The molecule has 0 bridgehead atoms. The lowest BCUT2D eigenvalue weighted by Gasteiger charge is -2.31. The number of carbonyl (C=O) groups is 2. The van der Waals surface area contributed by atoms with Crippen molar-refractivity contribution in [3.63, 3.8) is 0 Å². The van der Waals surface area contributed by atoms with Crippen LogP contribution in [0.4, 0.5) is 5.69 Å². The Bertz CT molecular complexity index is 1050. The normalized spacial score (nSPS) is 16.6. The molecule has 2 aromatic carbocycles. The molecule has 2 amide bonds. The molecule has 0 spiro atoms. The summed E-state index contributed by atoms with van der Waals surface area (Å²) in [5.74, 6) is -0.284. The van der Waals surface area contributed by atoms with Gasteiger partial charge in [0.2, 0.25) is 21.8 Å². The van der Waals surface area contributed by atoms with Crippen molar-refractivity contribution in [3.8, 4) is 5.75 Å². The van der Waals surface area contributed by atoms with E-state index in [1.807, 2.05) is 0 Å². The average molecular weight is 490 g/mol. The van der Waals surface area contributed by atoms with Crippen LogP contribution >= 0.6 is 0 Å². The summed E-state index contributed by atoms with van der Waals surface area (Å²) >= 11 is 0. The number of sulfonamides is 1. The highest BCUT2D eigenvalue weighted by molar-refractivity contribution is 7.89. The van der Waals surface area contributed by atoms with Gasteiger partial charge in [0, 0.05) is 18.8 Å². The van der Waals surface area contributed by atoms with E-state index in [-0.39, 0.29) is 16.9 Å². The zero-order valence-electron chi connectivity index (χ0n) is 19.4. The molecule has 0 aliphatic carbocycles. The Morgan fingerprint density at radius 3 is 2.44 bits per heavy atom. The van der Waals surface area contributed by atoms with Crippen molar-refractivity contribution in [2.75, 3.05) is 31.7 Å². The number of hydrogen-bond donors (Lipinski definition) is 2. The van der Waals surface area contributed by atoms with Crippen LogP contribution in [0, 0.1) is 0 Å². The van der Waals surface area contributed by atoms with Gasteiger partial charge < -0.3 is 14.8 Å². The van der Waals surface area contributed by atoms with Gasteiger partial charge in [0.1, 0.15) is 11.8 Å². The Morgan fingerprint density at radius 2 is 1.85 bits per heavy atom. The van der Waals surface area contributed by atoms with Crippen molar-refractivity contribution in [2.45, 2.75) is 43.2 Å². The van der Waals surface area contributed by atoms with Gasteiger partial charge in [-0.3, -0.25) is 14.5 Å². The van der Waals surface area contributed by atoms with Crippen molar-refractivity contribution in [2.24, 2.45) is 0 Å². The van der Waals surface area contributed by atoms with Crippen molar-refractivity contribution < 1.29 is 27.5 Å². The summed E-state index contributed by atoms with van der Waals surface area (Å²) in [6.07, 6.45) is 2.12. The SMILES string of the molecule is CC[C@@H](C(=O)NC[C@@H]1CCCO1)N(C(=O)CNS(=O)(=O)c1ccccc1)c1ccc(OC)cc1. The summed E-state index contributed by atoms with van der Waals surface area (Å²) in [6, 6.07) is 13.7. The molecule has 34 heavy (non-hydrogen) atoms. The van der Waals surface area contributed by atoms with Crippen LogP contribution in [0.2, 0.25) is 0 Å². The van der Waals surface area contributed by atoms with E-state index in [0.29, 0.717) is 31.0 Å². The maximum absolute atomic E-state index is 13.3. The van der Waals surface area contributed by atoms with Gasteiger partial charge in [-0.2, -0.15) is 0 Å². The Labute approximate surface area is 200 Å². The van der Waals surface area contributed by atoms with Gasteiger partial charge in [-0.1, -0.05) is 25.1 Å². The average Bonchev–Trinajstić information content (AvgIpc) is 3.39.